The summed E-state index contributed by atoms with van der Waals surface area (Å²) in [6.07, 6.45) is 2.61. The van der Waals surface area contributed by atoms with E-state index >= 15 is 0 Å². The Morgan fingerprint density at radius 1 is 1.28 bits per heavy atom. The Bertz CT molecular complexity index is 506. The maximum absolute atomic E-state index is 8.84. The highest BCUT2D eigenvalue weighted by molar-refractivity contribution is 5.55. The lowest BCUT2D eigenvalue weighted by Crippen LogP contribution is -2.29. The molecule has 3 heteroatoms. The van der Waals surface area contributed by atoms with Crippen LogP contribution in [0.15, 0.2) is 36.5 Å². The van der Waals surface area contributed by atoms with Gasteiger partial charge in [-0.3, -0.25) is 0 Å². The molecular formula is C15H17N3. The third-order valence-electron chi connectivity index (χ3n) is 3.97. The fraction of sp³-hybridized carbons (Fsp3) is 0.400. The summed E-state index contributed by atoms with van der Waals surface area (Å²) in [5.41, 5.74) is 3.42. The Morgan fingerprint density at radius 3 is 2.61 bits per heavy atom. The predicted molar refractivity (Wildman–Crippen MR) is 72.2 cm³/mol. The normalized spacial score (nSPS) is 21.5. The van der Waals surface area contributed by atoms with E-state index in [0.29, 0.717) is 11.0 Å². The Hall–Kier alpha value is -1.79. The molecular weight excluding hydrogens is 222 g/mol. The number of rotatable bonds is 1. The van der Waals surface area contributed by atoms with Crippen molar-refractivity contribution in [2.45, 2.75) is 12.8 Å². The lowest BCUT2D eigenvalue weighted by molar-refractivity contribution is 0.501. The van der Waals surface area contributed by atoms with Crippen LogP contribution in [0.4, 0.5) is 5.69 Å². The van der Waals surface area contributed by atoms with Gasteiger partial charge >= 0.3 is 0 Å². The first-order valence-corrected chi connectivity index (χ1v) is 6.39. The SMILES string of the molecule is C=C1CNCC2(CC2)CN1c1ccc(C#N)cc1. The van der Waals surface area contributed by atoms with E-state index in [-0.39, 0.29) is 0 Å². The van der Waals surface area contributed by atoms with Gasteiger partial charge in [0.15, 0.2) is 0 Å². The number of nitriles is 1. The van der Waals surface area contributed by atoms with Crippen LogP contribution in [0.3, 0.4) is 0 Å². The quantitative estimate of drug-likeness (QED) is 0.817. The van der Waals surface area contributed by atoms with E-state index in [4.69, 9.17) is 5.26 Å². The third-order valence-corrected chi connectivity index (χ3v) is 3.97. The Kier molecular flexibility index (Phi) is 2.61. The van der Waals surface area contributed by atoms with Gasteiger partial charge in [0.05, 0.1) is 11.6 Å². The lowest BCUT2D eigenvalue weighted by atomic mass is 10.1. The molecule has 1 aromatic carbocycles. The summed E-state index contributed by atoms with van der Waals surface area (Å²) in [6.45, 7) is 7.16. The van der Waals surface area contributed by atoms with Gasteiger partial charge in [-0.15, -0.1) is 0 Å². The molecule has 3 rings (SSSR count). The van der Waals surface area contributed by atoms with Crippen molar-refractivity contribution in [3.8, 4) is 6.07 Å². The second kappa shape index (κ2) is 4.15. The first-order chi connectivity index (χ1) is 8.72. The number of hydrogen-bond donors (Lipinski definition) is 1. The van der Waals surface area contributed by atoms with Gasteiger partial charge in [0.2, 0.25) is 0 Å². The molecule has 1 aliphatic carbocycles. The largest absolute Gasteiger partial charge is 0.344 e. The van der Waals surface area contributed by atoms with Gasteiger partial charge in [-0.1, -0.05) is 6.58 Å². The molecule has 0 unspecified atom stereocenters. The second-order valence-electron chi connectivity index (χ2n) is 5.41. The predicted octanol–water partition coefficient (Wildman–Crippen LogP) is 2.26. The van der Waals surface area contributed by atoms with Gasteiger partial charge in [-0.25, -0.2) is 0 Å². The van der Waals surface area contributed by atoms with Crippen LogP contribution in [0.1, 0.15) is 18.4 Å². The molecule has 1 heterocycles. The number of nitrogens with one attached hydrogen (secondary N) is 1. The van der Waals surface area contributed by atoms with Crippen molar-refractivity contribution < 1.29 is 0 Å². The summed E-state index contributed by atoms with van der Waals surface area (Å²) >= 11 is 0. The van der Waals surface area contributed by atoms with Crippen LogP contribution in [0.5, 0.6) is 0 Å². The average molecular weight is 239 g/mol. The van der Waals surface area contributed by atoms with Crippen LogP contribution in [0.2, 0.25) is 0 Å². The van der Waals surface area contributed by atoms with Crippen molar-refractivity contribution in [1.82, 2.24) is 5.32 Å². The van der Waals surface area contributed by atoms with Crippen molar-refractivity contribution in [3.05, 3.63) is 42.1 Å². The minimum atomic E-state index is 0.452. The van der Waals surface area contributed by atoms with Crippen LogP contribution in [-0.2, 0) is 0 Å². The van der Waals surface area contributed by atoms with Crippen LogP contribution in [0.25, 0.3) is 0 Å². The Balaban J connectivity index is 1.87. The molecule has 0 radical (unpaired) electrons. The summed E-state index contributed by atoms with van der Waals surface area (Å²) < 4.78 is 0. The zero-order chi connectivity index (χ0) is 12.6. The first kappa shape index (κ1) is 11.3. The summed E-state index contributed by atoms with van der Waals surface area (Å²) in [6, 6.07) is 9.94. The maximum atomic E-state index is 8.84. The lowest BCUT2D eigenvalue weighted by Gasteiger charge is -2.27. The topological polar surface area (TPSA) is 39.1 Å². The van der Waals surface area contributed by atoms with E-state index in [1.54, 1.807) is 0 Å². The van der Waals surface area contributed by atoms with E-state index < -0.39 is 0 Å². The Labute approximate surface area is 108 Å². The van der Waals surface area contributed by atoms with Gasteiger partial charge < -0.3 is 10.2 Å². The second-order valence-corrected chi connectivity index (χ2v) is 5.41. The zero-order valence-electron chi connectivity index (χ0n) is 10.4. The minimum Gasteiger partial charge on any atom is -0.344 e. The minimum absolute atomic E-state index is 0.452. The molecule has 1 spiro atoms. The van der Waals surface area contributed by atoms with Gasteiger partial charge in [0.1, 0.15) is 0 Å². The van der Waals surface area contributed by atoms with Crippen molar-refractivity contribution >= 4 is 5.69 Å². The molecule has 92 valence electrons. The summed E-state index contributed by atoms with van der Waals surface area (Å²) in [5, 5.41) is 12.3. The molecule has 1 N–H and O–H groups in total. The van der Waals surface area contributed by atoms with E-state index in [0.717, 1.165) is 31.0 Å². The highest BCUT2D eigenvalue weighted by Gasteiger charge is 2.45. The number of nitrogens with zero attached hydrogens (tertiary/aromatic N) is 2. The summed E-state index contributed by atoms with van der Waals surface area (Å²) in [4.78, 5) is 2.30. The molecule has 18 heavy (non-hydrogen) atoms. The molecule has 0 bridgehead atoms. The fourth-order valence-corrected chi connectivity index (χ4v) is 2.57. The van der Waals surface area contributed by atoms with Crippen LogP contribution in [0, 0.1) is 16.7 Å². The fourth-order valence-electron chi connectivity index (χ4n) is 2.57. The number of benzene rings is 1. The zero-order valence-corrected chi connectivity index (χ0v) is 10.4. The maximum Gasteiger partial charge on any atom is 0.0991 e. The summed E-state index contributed by atoms with van der Waals surface area (Å²) in [5.74, 6) is 0. The number of anilines is 1. The molecule has 2 aliphatic rings. The smallest absolute Gasteiger partial charge is 0.0991 e. The van der Waals surface area contributed by atoms with E-state index in [9.17, 15) is 0 Å². The highest BCUT2D eigenvalue weighted by atomic mass is 15.2. The third kappa shape index (κ3) is 2.00. The van der Waals surface area contributed by atoms with Gasteiger partial charge in [0.25, 0.3) is 0 Å². The van der Waals surface area contributed by atoms with Crippen LogP contribution < -0.4 is 10.2 Å². The molecule has 1 aliphatic heterocycles. The van der Waals surface area contributed by atoms with E-state index in [1.807, 2.05) is 24.3 Å². The van der Waals surface area contributed by atoms with Gasteiger partial charge in [-0.05, 0) is 37.1 Å². The average Bonchev–Trinajstić information content (AvgIpc) is 3.18. The molecule has 2 fully saturated rings. The number of hydrogen-bond acceptors (Lipinski definition) is 3. The molecule has 0 atom stereocenters. The van der Waals surface area contributed by atoms with Crippen LogP contribution in [-0.4, -0.2) is 19.6 Å². The Morgan fingerprint density at radius 2 is 2.00 bits per heavy atom. The van der Waals surface area contributed by atoms with E-state index in [1.165, 1.54) is 12.8 Å². The van der Waals surface area contributed by atoms with Crippen molar-refractivity contribution in [2.24, 2.45) is 5.41 Å². The molecule has 3 nitrogen and oxygen atoms in total. The molecule has 0 aromatic heterocycles. The van der Waals surface area contributed by atoms with Crippen molar-refractivity contribution in [3.63, 3.8) is 0 Å². The van der Waals surface area contributed by atoms with Crippen molar-refractivity contribution in [1.29, 1.82) is 5.26 Å². The van der Waals surface area contributed by atoms with Crippen molar-refractivity contribution in [2.75, 3.05) is 24.5 Å². The molecule has 1 saturated carbocycles. The van der Waals surface area contributed by atoms with E-state index in [2.05, 4.69) is 22.9 Å². The van der Waals surface area contributed by atoms with Gasteiger partial charge in [0, 0.05) is 36.4 Å². The summed E-state index contributed by atoms with van der Waals surface area (Å²) in [7, 11) is 0. The molecule has 1 saturated heterocycles. The monoisotopic (exact) mass is 239 g/mol. The molecule has 0 amide bonds. The molecule has 1 aromatic rings. The van der Waals surface area contributed by atoms with Gasteiger partial charge in [-0.2, -0.15) is 5.26 Å². The highest BCUT2D eigenvalue weighted by Crippen LogP contribution is 2.47. The first-order valence-electron chi connectivity index (χ1n) is 6.39. The van der Waals surface area contributed by atoms with Crippen LogP contribution >= 0.6 is 0 Å². The standard InChI is InChI=1S/C15H17N3/c1-12-9-17-10-15(6-7-15)11-18(12)14-4-2-13(8-16)3-5-14/h2-5,17H,1,6-7,9-11H2.